The third-order valence-electron chi connectivity index (χ3n) is 4.00. The Kier molecular flexibility index (Phi) is 5.43. The van der Waals surface area contributed by atoms with Crippen molar-refractivity contribution < 1.29 is 4.74 Å². The lowest BCUT2D eigenvalue weighted by Gasteiger charge is -2.06. The molecule has 0 bridgehead atoms. The SMILES string of the molecule is COc1cccc(-c2[nH]c3c(Br)cc(Cl)cc3c2CCCCN)n1. The zero-order chi connectivity index (χ0) is 17.1. The number of methoxy groups -OCH3 is 1. The largest absolute Gasteiger partial charge is 0.481 e. The molecule has 3 aromatic rings. The van der Waals surface area contributed by atoms with Crippen LogP contribution in [-0.4, -0.2) is 23.6 Å². The van der Waals surface area contributed by atoms with E-state index in [2.05, 4.69) is 25.9 Å². The number of fused-ring (bicyclic) bond motifs is 1. The van der Waals surface area contributed by atoms with Crippen molar-refractivity contribution in [2.75, 3.05) is 13.7 Å². The number of aromatic nitrogens is 2. The van der Waals surface area contributed by atoms with E-state index in [-0.39, 0.29) is 0 Å². The summed E-state index contributed by atoms with van der Waals surface area (Å²) in [6.07, 6.45) is 2.92. The van der Waals surface area contributed by atoms with E-state index in [9.17, 15) is 0 Å². The van der Waals surface area contributed by atoms with Crippen molar-refractivity contribution in [3.05, 3.63) is 45.4 Å². The summed E-state index contributed by atoms with van der Waals surface area (Å²) in [5.41, 5.74) is 9.75. The highest BCUT2D eigenvalue weighted by atomic mass is 79.9. The van der Waals surface area contributed by atoms with Gasteiger partial charge in [-0.3, -0.25) is 0 Å². The molecule has 0 saturated heterocycles. The maximum atomic E-state index is 6.26. The lowest BCUT2D eigenvalue weighted by Crippen LogP contribution is -1.99. The van der Waals surface area contributed by atoms with Crippen LogP contribution in [0, 0.1) is 0 Å². The summed E-state index contributed by atoms with van der Waals surface area (Å²) < 4.78 is 6.20. The zero-order valence-corrected chi connectivity index (χ0v) is 15.7. The average Bonchev–Trinajstić information content (AvgIpc) is 2.94. The second kappa shape index (κ2) is 7.55. The van der Waals surface area contributed by atoms with Gasteiger partial charge in [0, 0.05) is 20.9 Å². The summed E-state index contributed by atoms with van der Waals surface area (Å²) in [5.74, 6) is 0.594. The number of halogens is 2. The second-order valence-corrected chi connectivity index (χ2v) is 6.89. The highest BCUT2D eigenvalue weighted by Gasteiger charge is 2.17. The minimum atomic E-state index is 0.594. The highest BCUT2D eigenvalue weighted by molar-refractivity contribution is 9.10. The number of aromatic amines is 1. The van der Waals surface area contributed by atoms with E-state index in [1.54, 1.807) is 7.11 Å². The second-order valence-electron chi connectivity index (χ2n) is 5.60. The van der Waals surface area contributed by atoms with Crippen LogP contribution in [0.2, 0.25) is 5.02 Å². The molecule has 0 unspecified atom stereocenters. The molecule has 0 aliphatic heterocycles. The topological polar surface area (TPSA) is 63.9 Å². The van der Waals surface area contributed by atoms with E-state index in [1.165, 1.54) is 5.56 Å². The number of hydrogen-bond acceptors (Lipinski definition) is 3. The van der Waals surface area contributed by atoms with Crippen LogP contribution in [0.4, 0.5) is 0 Å². The summed E-state index contributed by atoms with van der Waals surface area (Å²) >= 11 is 9.86. The number of unbranched alkanes of at least 4 members (excludes halogenated alkanes) is 1. The van der Waals surface area contributed by atoms with Gasteiger partial charge in [0.05, 0.1) is 24.0 Å². The molecule has 24 heavy (non-hydrogen) atoms. The van der Waals surface area contributed by atoms with Crippen LogP contribution in [-0.2, 0) is 6.42 Å². The van der Waals surface area contributed by atoms with Crippen molar-refractivity contribution in [1.82, 2.24) is 9.97 Å². The molecule has 3 rings (SSSR count). The van der Waals surface area contributed by atoms with Crippen LogP contribution in [0.3, 0.4) is 0 Å². The molecule has 0 saturated carbocycles. The molecular formula is C18H19BrClN3O. The van der Waals surface area contributed by atoms with Gasteiger partial charge in [0.15, 0.2) is 0 Å². The molecule has 4 nitrogen and oxygen atoms in total. The van der Waals surface area contributed by atoms with Crippen LogP contribution in [0.1, 0.15) is 18.4 Å². The first-order valence-corrected chi connectivity index (χ1v) is 9.02. The Hall–Kier alpha value is -1.56. The van der Waals surface area contributed by atoms with Crippen molar-refractivity contribution in [3.8, 4) is 17.3 Å². The van der Waals surface area contributed by atoms with Crippen LogP contribution in [0.5, 0.6) is 5.88 Å². The molecule has 3 N–H and O–H groups in total. The van der Waals surface area contributed by atoms with E-state index < -0.39 is 0 Å². The van der Waals surface area contributed by atoms with E-state index in [4.69, 9.17) is 22.1 Å². The summed E-state index contributed by atoms with van der Waals surface area (Å²) in [6.45, 7) is 0.694. The summed E-state index contributed by atoms with van der Waals surface area (Å²) in [7, 11) is 1.62. The summed E-state index contributed by atoms with van der Waals surface area (Å²) in [5, 5.41) is 1.82. The van der Waals surface area contributed by atoms with Gasteiger partial charge in [-0.1, -0.05) is 17.7 Å². The molecule has 0 radical (unpaired) electrons. The fourth-order valence-corrected chi connectivity index (χ4v) is 3.78. The maximum absolute atomic E-state index is 6.26. The van der Waals surface area contributed by atoms with Gasteiger partial charge in [-0.15, -0.1) is 0 Å². The zero-order valence-electron chi connectivity index (χ0n) is 13.4. The van der Waals surface area contributed by atoms with Crippen LogP contribution >= 0.6 is 27.5 Å². The smallest absolute Gasteiger partial charge is 0.213 e. The number of nitrogens with one attached hydrogen (secondary N) is 1. The lowest BCUT2D eigenvalue weighted by molar-refractivity contribution is 0.398. The first-order valence-electron chi connectivity index (χ1n) is 7.85. The molecule has 126 valence electrons. The van der Waals surface area contributed by atoms with Gasteiger partial charge in [0.2, 0.25) is 5.88 Å². The molecule has 0 aliphatic rings. The number of pyridine rings is 1. The quantitative estimate of drug-likeness (QED) is 0.568. The third kappa shape index (κ3) is 3.43. The Bertz CT molecular complexity index is 863. The van der Waals surface area contributed by atoms with Crippen LogP contribution in [0.25, 0.3) is 22.3 Å². The monoisotopic (exact) mass is 407 g/mol. The van der Waals surface area contributed by atoms with Crippen LogP contribution < -0.4 is 10.5 Å². The average molecular weight is 409 g/mol. The molecule has 0 spiro atoms. The number of nitrogens with two attached hydrogens (primary N) is 1. The third-order valence-corrected chi connectivity index (χ3v) is 4.85. The summed E-state index contributed by atoms with van der Waals surface area (Å²) in [4.78, 5) is 8.07. The Balaban J connectivity index is 2.17. The number of hydrogen-bond donors (Lipinski definition) is 2. The maximum Gasteiger partial charge on any atom is 0.213 e. The molecule has 0 aliphatic carbocycles. The molecule has 0 fully saturated rings. The van der Waals surface area contributed by atoms with Gasteiger partial charge in [-0.25, -0.2) is 4.98 Å². The number of ether oxygens (including phenoxy) is 1. The van der Waals surface area contributed by atoms with E-state index in [1.807, 2.05) is 30.3 Å². The molecule has 0 amide bonds. The Morgan fingerprint density at radius 3 is 2.88 bits per heavy atom. The lowest BCUT2D eigenvalue weighted by atomic mass is 10.0. The van der Waals surface area contributed by atoms with Crippen molar-refractivity contribution in [1.29, 1.82) is 0 Å². The van der Waals surface area contributed by atoms with E-state index >= 15 is 0 Å². The Labute approximate surface area is 154 Å². The molecule has 2 aromatic heterocycles. The van der Waals surface area contributed by atoms with Crippen molar-refractivity contribution >= 4 is 38.4 Å². The standard InChI is InChI=1S/C18H19BrClN3O/c1-24-16-7-4-6-15(22-16)18-12(5-2-3-8-21)13-9-11(20)10-14(19)17(13)23-18/h4,6-7,9-10,23H,2-3,5,8,21H2,1H3. The van der Waals surface area contributed by atoms with Crippen molar-refractivity contribution in [2.24, 2.45) is 5.73 Å². The van der Waals surface area contributed by atoms with Crippen molar-refractivity contribution in [3.63, 3.8) is 0 Å². The first-order chi connectivity index (χ1) is 11.6. The molecule has 2 heterocycles. The molecule has 1 aromatic carbocycles. The fourth-order valence-electron chi connectivity index (χ4n) is 2.87. The number of H-pyrrole nitrogens is 1. The normalized spacial score (nSPS) is 11.2. The van der Waals surface area contributed by atoms with Crippen molar-refractivity contribution in [2.45, 2.75) is 19.3 Å². The van der Waals surface area contributed by atoms with Gasteiger partial charge in [0.1, 0.15) is 0 Å². The number of rotatable bonds is 6. The Morgan fingerprint density at radius 2 is 2.12 bits per heavy atom. The number of nitrogens with zero attached hydrogens (tertiary/aromatic N) is 1. The fraction of sp³-hybridized carbons (Fsp3) is 0.278. The number of benzene rings is 1. The molecular weight excluding hydrogens is 390 g/mol. The highest BCUT2D eigenvalue weighted by Crippen LogP contribution is 2.36. The van der Waals surface area contributed by atoms with Gasteiger partial charge in [-0.05, 0) is 65.5 Å². The van der Waals surface area contributed by atoms with Gasteiger partial charge >= 0.3 is 0 Å². The summed E-state index contributed by atoms with van der Waals surface area (Å²) in [6, 6.07) is 9.66. The van der Waals surface area contributed by atoms with Gasteiger partial charge in [0.25, 0.3) is 0 Å². The predicted molar refractivity (Wildman–Crippen MR) is 103 cm³/mol. The number of aryl methyl sites for hydroxylation is 1. The minimum Gasteiger partial charge on any atom is -0.481 e. The van der Waals surface area contributed by atoms with Gasteiger partial charge < -0.3 is 15.5 Å². The predicted octanol–water partition coefficient (Wildman–Crippen LogP) is 4.94. The van der Waals surface area contributed by atoms with E-state index in [0.717, 1.165) is 46.0 Å². The van der Waals surface area contributed by atoms with Gasteiger partial charge in [-0.2, -0.15) is 0 Å². The molecule has 0 atom stereocenters. The Morgan fingerprint density at radius 1 is 1.29 bits per heavy atom. The first kappa shape index (κ1) is 17.3. The molecule has 6 heteroatoms. The minimum absolute atomic E-state index is 0.594. The van der Waals surface area contributed by atoms with E-state index in [0.29, 0.717) is 17.4 Å². The van der Waals surface area contributed by atoms with Crippen LogP contribution in [0.15, 0.2) is 34.8 Å².